The van der Waals surface area contributed by atoms with Crippen LogP contribution in [0.15, 0.2) is 59.9 Å². The van der Waals surface area contributed by atoms with E-state index in [9.17, 15) is 13.2 Å². The van der Waals surface area contributed by atoms with E-state index in [1.54, 1.807) is 42.6 Å². The Hall–Kier alpha value is -3.09. The van der Waals surface area contributed by atoms with E-state index in [-0.39, 0.29) is 18.2 Å². The number of rotatable bonds is 6. The van der Waals surface area contributed by atoms with Gasteiger partial charge in [0.2, 0.25) is 0 Å². The zero-order chi connectivity index (χ0) is 17.6. The van der Waals surface area contributed by atoms with Gasteiger partial charge in [-0.1, -0.05) is 23.4 Å². The number of hydrogen-bond donors (Lipinski definition) is 0. The number of benzene rings is 2. The fraction of sp³-hybridized carbons (Fsp3) is 0.111. The molecule has 128 valence electrons. The first-order chi connectivity index (χ1) is 12.1. The molecule has 0 radical (unpaired) electrons. The first kappa shape index (κ1) is 16.8. The monoisotopic (exact) mass is 346 g/mol. The van der Waals surface area contributed by atoms with Crippen molar-refractivity contribution < 1.29 is 22.7 Å². The maximum atomic E-state index is 13.7. The molecule has 0 unspecified atom stereocenters. The van der Waals surface area contributed by atoms with Crippen molar-refractivity contribution in [3.63, 3.8) is 0 Å². The van der Waals surface area contributed by atoms with Gasteiger partial charge in [-0.3, -0.25) is 4.98 Å². The summed E-state index contributed by atoms with van der Waals surface area (Å²) < 4.78 is 42.8. The van der Waals surface area contributed by atoms with Crippen molar-refractivity contribution in [2.45, 2.75) is 13.2 Å². The van der Waals surface area contributed by atoms with Crippen LogP contribution in [-0.2, 0) is 11.4 Å². The first-order valence-electron chi connectivity index (χ1n) is 7.36. The lowest BCUT2D eigenvalue weighted by Gasteiger charge is -2.07. The number of para-hydroxylation sites is 1. The predicted octanol–water partition coefficient (Wildman–Crippen LogP) is 4.53. The van der Waals surface area contributed by atoms with E-state index in [0.717, 1.165) is 0 Å². The summed E-state index contributed by atoms with van der Waals surface area (Å²) >= 11 is 0. The van der Waals surface area contributed by atoms with E-state index < -0.39 is 6.61 Å². The summed E-state index contributed by atoms with van der Waals surface area (Å²) in [6, 6.07) is 12.4. The Morgan fingerprint density at radius 3 is 2.76 bits per heavy atom. The van der Waals surface area contributed by atoms with E-state index in [1.807, 2.05) is 0 Å². The second kappa shape index (κ2) is 7.65. The van der Waals surface area contributed by atoms with Gasteiger partial charge in [0.15, 0.2) is 0 Å². The normalized spacial score (nSPS) is 11.4. The van der Waals surface area contributed by atoms with Gasteiger partial charge in [-0.2, -0.15) is 8.78 Å². The molecule has 7 heteroatoms. The molecule has 0 bridgehead atoms. The lowest BCUT2D eigenvalue weighted by molar-refractivity contribution is -0.0499. The fourth-order valence-electron chi connectivity index (χ4n) is 2.30. The highest BCUT2D eigenvalue weighted by molar-refractivity contribution is 5.83. The van der Waals surface area contributed by atoms with Gasteiger partial charge >= 0.3 is 6.61 Å². The van der Waals surface area contributed by atoms with Crippen molar-refractivity contribution in [3.05, 3.63) is 71.7 Å². The van der Waals surface area contributed by atoms with Crippen LogP contribution in [0, 0.1) is 5.82 Å². The van der Waals surface area contributed by atoms with Crippen LogP contribution in [0.4, 0.5) is 13.2 Å². The van der Waals surface area contributed by atoms with Crippen LogP contribution < -0.4 is 4.74 Å². The minimum absolute atomic E-state index is 0.00116. The molecule has 4 nitrogen and oxygen atoms in total. The molecule has 3 aromatic rings. The summed E-state index contributed by atoms with van der Waals surface area (Å²) in [5.41, 5.74) is 1.50. The van der Waals surface area contributed by atoms with Crippen molar-refractivity contribution in [3.8, 4) is 5.75 Å². The maximum absolute atomic E-state index is 13.7. The number of ether oxygens (including phenoxy) is 1. The third-order valence-electron chi connectivity index (χ3n) is 3.42. The van der Waals surface area contributed by atoms with E-state index in [2.05, 4.69) is 14.9 Å². The lowest BCUT2D eigenvalue weighted by Crippen LogP contribution is -2.04. The average Bonchev–Trinajstić information content (AvgIpc) is 2.61. The highest BCUT2D eigenvalue weighted by atomic mass is 19.3. The second-order valence-corrected chi connectivity index (χ2v) is 5.03. The van der Waals surface area contributed by atoms with Crippen LogP contribution in [0.5, 0.6) is 5.75 Å². The van der Waals surface area contributed by atoms with Crippen molar-refractivity contribution in [1.82, 2.24) is 4.98 Å². The zero-order valence-electron chi connectivity index (χ0n) is 12.9. The molecule has 1 heterocycles. The van der Waals surface area contributed by atoms with E-state index >= 15 is 0 Å². The van der Waals surface area contributed by atoms with Crippen LogP contribution >= 0.6 is 0 Å². The fourth-order valence-corrected chi connectivity index (χ4v) is 2.30. The van der Waals surface area contributed by atoms with Crippen LogP contribution in [0.3, 0.4) is 0 Å². The Balaban J connectivity index is 1.72. The molecule has 0 atom stereocenters. The summed E-state index contributed by atoms with van der Waals surface area (Å²) in [5, 5.41) is 4.15. The number of pyridine rings is 1. The lowest BCUT2D eigenvalue weighted by atomic mass is 10.1. The zero-order valence-corrected chi connectivity index (χ0v) is 12.9. The largest absolute Gasteiger partial charge is 0.434 e. The smallest absolute Gasteiger partial charge is 0.387 e. The van der Waals surface area contributed by atoms with Gasteiger partial charge in [-0.05, 0) is 30.3 Å². The van der Waals surface area contributed by atoms with Gasteiger partial charge in [0.05, 0.1) is 11.7 Å². The molecule has 2 aromatic carbocycles. The summed E-state index contributed by atoms with van der Waals surface area (Å²) in [6.45, 7) is -2.87. The second-order valence-electron chi connectivity index (χ2n) is 5.03. The van der Waals surface area contributed by atoms with Crippen molar-refractivity contribution in [1.29, 1.82) is 0 Å². The minimum Gasteiger partial charge on any atom is -0.434 e. The molecule has 0 saturated carbocycles. The van der Waals surface area contributed by atoms with Gasteiger partial charge in [-0.15, -0.1) is 0 Å². The van der Waals surface area contributed by atoms with E-state index in [4.69, 9.17) is 4.84 Å². The predicted molar refractivity (Wildman–Crippen MR) is 87.2 cm³/mol. The molecule has 25 heavy (non-hydrogen) atoms. The first-order valence-corrected chi connectivity index (χ1v) is 7.36. The van der Waals surface area contributed by atoms with E-state index in [0.29, 0.717) is 22.0 Å². The Morgan fingerprint density at radius 2 is 1.92 bits per heavy atom. The number of alkyl halides is 2. The van der Waals surface area contributed by atoms with Crippen molar-refractivity contribution in [2.24, 2.45) is 5.16 Å². The third kappa shape index (κ3) is 4.06. The number of hydrogen-bond acceptors (Lipinski definition) is 4. The molecule has 0 amide bonds. The highest BCUT2D eigenvalue weighted by Gasteiger charge is 2.08. The van der Waals surface area contributed by atoms with E-state index in [1.165, 1.54) is 18.3 Å². The molecular weight excluding hydrogens is 333 g/mol. The topological polar surface area (TPSA) is 43.7 Å². The Kier molecular flexibility index (Phi) is 5.13. The molecule has 0 fully saturated rings. The standard InChI is InChI=1S/C18H13F3N2O2/c19-15-8-7-13(17-14(15)5-3-9-22-17)11-24-23-10-12-4-1-2-6-16(12)25-18(20)21/h1-10,18H,11H2. The molecule has 0 N–H and O–H groups in total. The Labute approximate surface area is 141 Å². The van der Waals surface area contributed by atoms with Crippen LogP contribution in [0.25, 0.3) is 10.9 Å². The molecule has 0 saturated heterocycles. The van der Waals surface area contributed by atoms with Gasteiger partial charge in [0.25, 0.3) is 0 Å². The minimum atomic E-state index is -2.92. The van der Waals surface area contributed by atoms with Crippen LogP contribution in [0.2, 0.25) is 0 Å². The molecule has 3 rings (SSSR count). The summed E-state index contributed by atoms with van der Waals surface area (Å²) in [7, 11) is 0. The molecule has 0 aliphatic rings. The number of oxime groups is 1. The van der Waals surface area contributed by atoms with Gasteiger partial charge in [0, 0.05) is 22.7 Å². The molecule has 0 aliphatic carbocycles. The number of halogens is 3. The van der Waals surface area contributed by atoms with Gasteiger partial charge in [0.1, 0.15) is 18.2 Å². The Bertz CT molecular complexity index is 900. The summed E-state index contributed by atoms with van der Waals surface area (Å²) in [5.74, 6) is -0.368. The average molecular weight is 346 g/mol. The van der Waals surface area contributed by atoms with Crippen LogP contribution in [-0.4, -0.2) is 17.8 Å². The number of fused-ring (bicyclic) bond motifs is 1. The number of aromatic nitrogens is 1. The van der Waals surface area contributed by atoms with Gasteiger partial charge in [-0.25, -0.2) is 4.39 Å². The molecular formula is C18H13F3N2O2. The third-order valence-corrected chi connectivity index (χ3v) is 3.42. The summed E-state index contributed by atoms with van der Waals surface area (Å²) in [4.78, 5) is 9.35. The SMILES string of the molecule is Fc1ccc(CON=Cc2ccccc2OC(F)F)c2ncccc12. The van der Waals surface area contributed by atoms with Crippen LogP contribution in [0.1, 0.15) is 11.1 Å². The molecule has 0 aliphatic heterocycles. The van der Waals surface area contributed by atoms with Gasteiger partial charge < -0.3 is 9.57 Å². The Morgan fingerprint density at radius 1 is 1.08 bits per heavy atom. The molecule has 1 aromatic heterocycles. The van der Waals surface area contributed by atoms with Crippen molar-refractivity contribution in [2.75, 3.05) is 0 Å². The number of nitrogens with zero attached hydrogens (tertiary/aromatic N) is 2. The quantitative estimate of drug-likeness (QED) is 0.487. The van der Waals surface area contributed by atoms with Crippen molar-refractivity contribution >= 4 is 17.1 Å². The summed E-state index contributed by atoms with van der Waals surface area (Å²) in [6.07, 6.45) is 2.84. The highest BCUT2D eigenvalue weighted by Crippen LogP contribution is 2.21. The molecule has 0 spiro atoms. The maximum Gasteiger partial charge on any atom is 0.387 e.